The molecule has 6 rings (SSSR count). The molecule has 1 aliphatic heterocycles. The third kappa shape index (κ3) is 6.72. The molecule has 1 fully saturated rings. The number of carbonyl (C=O) groups excluding carboxylic acids is 2. The van der Waals surface area contributed by atoms with E-state index in [0.29, 0.717) is 28.5 Å². The van der Waals surface area contributed by atoms with E-state index in [1.54, 1.807) is 41.3 Å². The lowest BCUT2D eigenvalue weighted by Gasteiger charge is -2.28. The molecular formula is C38H35FN2O6P+. The molecule has 48 heavy (non-hydrogen) atoms. The van der Waals surface area contributed by atoms with Crippen LogP contribution in [0.15, 0.2) is 121 Å². The maximum absolute atomic E-state index is 13.6. The molecule has 5 aromatic carbocycles. The van der Waals surface area contributed by atoms with E-state index in [1.807, 2.05) is 60.7 Å². The number of hydrogen-bond donors (Lipinski definition) is 3. The minimum Gasteiger partial charge on any atom is -0.508 e. The Morgan fingerprint density at radius 3 is 2.02 bits per heavy atom. The highest BCUT2D eigenvalue weighted by Crippen LogP contribution is 2.54. The summed E-state index contributed by atoms with van der Waals surface area (Å²) in [6.07, 6.45) is 0.399. The Labute approximate surface area is 279 Å². The van der Waals surface area contributed by atoms with E-state index in [2.05, 4.69) is 5.32 Å². The van der Waals surface area contributed by atoms with Gasteiger partial charge in [-0.3, -0.25) is 9.69 Å². The Bertz CT molecular complexity index is 1900. The van der Waals surface area contributed by atoms with Crippen LogP contribution < -0.4 is 15.5 Å². The van der Waals surface area contributed by atoms with Crippen LogP contribution in [-0.2, 0) is 9.05 Å². The van der Waals surface area contributed by atoms with Crippen LogP contribution in [0.25, 0.3) is 22.3 Å². The number of Topliss-reactive ketones (excluding diaryl/α,β-unsaturated/α-hetero) is 1. The van der Waals surface area contributed by atoms with Crippen LogP contribution in [-0.4, -0.2) is 42.1 Å². The van der Waals surface area contributed by atoms with Crippen LogP contribution >= 0.6 is 7.94 Å². The van der Waals surface area contributed by atoms with E-state index < -0.39 is 25.8 Å². The number of anilines is 1. The largest absolute Gasteiger partial charge is 0.508 e. The number of aromatic hydroxyl groups is 1. The van der Waals surface area contributed by atoms with Gasteiger partial charge in [-0.2, -0.15) is 13.9 Å². The highest BCUT2D eigenvalue weighted by molar-refractivity contribution is 7.68. The molecule has 0 aromatic heterocycles. The Morgan fingerprint density at radius 1 is 0.812 bits per heavy atom. The van der Waals surface area contributed by atoms with Crippen molar-refractivity contribution in [3.8, 4) is 28.0 Å². The molecule has 2 amide bonds. The number of urea groups is 1. The summed E-state index contributed by atoms with van der Waals surface area (Å²) in [5, 5.41) is 15.0. The lowest BCUT2D eigenvalue weighted by molar-refractivity contribution is 0.0975. The van der Waals surface area contributed by atoms with Gasteiger partial charge in [-0.05, 0) is 83.3 Å². The first-order valence-electron chi connectivity index (χ1n) is 15.4. The van der Waals surface area contributed by atoms with Crippen molar-refractivity contribution in [2.24, 2.45) is 0 Å². The van der Waals surface area contributed by atoms with Gasteiger partial charge in [-0.1, -0.05) is 66.7 Å². The van der Waals surface area contributed by atoms with Gasteiger partial charge in [0.2, 0.25) is 0 Å². The summed E-state index contributed by atoms with van der Waals surface area (Å²) in [4.78, 5) is 38.9. The number of carbonyl (C=O) groups is 2. The minimum absolute atomic E-state index is 0.0170. The number of phenolic OH excluding ortho intramolecular Hbond substituents is 1. The maximum Gasteiger partial charge on any atom is 0.445 e. The van der Waals surface area contributed by atoms with Crippen molar-refractivity contribution < 1.29 is 33.0 Å². The monoisotopic (exact) mass is 665 g/mol. The fourth-order valence-corrected chi connectivity index (χ4v) is 7.19. The van der Waals surface area contributed by atoms with E-state index >= 15 is 0 Å². The van der Waals surface area contributed by atoms with Crippen molar-refractivity contribution in [1.29, 1.82) is 0 Å². The van der Waals surface area contributed by atoms with E-state index in [0.717, 1.165) is 22.3 Å². The topological polar surface area (TPSA) is 108 Å². The number of ketones is 1. The second-order valence-electron chi connectivity index (χ2n) is 11.5. The molecule has 8 nitrogen and oxygen atoms in total. The normalized spacial score (nSPS) is 16.2. The molecule has 244 valence electrons. The van der Waals surface area contributed by atoms with Crippen molar-refractivity contribution >= 4 is 30.7 Å². The first-order chi connectivity index (χ1) is 23.2. The summed E-state index contributed by atoms with van der Waals surface area (Å²) in [5.74, 6) is -0.615. The Balaban J connectivity index is 1.32. The Kier molecular flexibility index (Phi) is 9.66. The molecule has 1 heterocycles. The van der Waals surface area contributed by atoms with Gasteiger partial charge in [0.25, 0.3) is 0 Å². The van der Waals surface area contributed by atoms with Crippen LogP contribution in [0.4, 0.5) is 14.9 Å². The summed E-state index contributed by atoms with van der Waals surface area (Å²) < 4.78 is 23.8. The summed E-state index contributed by atoms with van der Waals surface area (Å²) in [6.45, 7) is 0. The predicted octanol–water partition coefficient (Wildman–Crippen LogP) is 7.84. The molecule has 0 aliphatic carbocycles. The minimum atomic E-state index is -3.17. The second kappa shape index (κ2) is 14.1. The van der Waals surface area contributed by atoms with Crippen LogP contribution in [0.3, 0.4) is 0 Å². The molecule has 0 saturated carbocycles. The van der Waals surface area contributed by atoms with Crippen molar-refractivity contribution in [2.75, 3.05) is 19.1 Å². The predicted molar refractivity (Wildman–Crippen MR) is 186 cm³/mol. The molecule has 2 atom stereocenters. The number of benzene rings is 5. The van der Waals surface area contributed by atoms with E-state index in [4.69, 9.17) is 9.05 Å². The van der Waals surface area contributed by atoms with Crippen molar-refractivity contribution in [2.45, 2.75) is 24.9 Å². The van der Waals surface area contributed by atoms with Crippen LogP contribution in [0, 0.1) is 5.82 Å². The summed E-state index contributed by atoms with van der Waals surface area (Å²) in [6, 6.07) is 33.8. The Hall–Kier alpha value is -4.92. The van der Waals surface area contributed by atoms with Crippen LogP contribution in [0.1, 0.15) is 34.8 Å². The number of amides is 2. The first kappa shape index (κ1) is 33.0. The lowest BCUT2D eigenvalue weighted by atomic mass is 9.91. The van der Waals surface area contributed by atoms with Crippen LogP contribution in [0.5, 0.6) is 5.75 Å². The average Bonchev–Trinajstić information content (AvgIpc) is 3.46. The molecule has 1 saturated heterocycles. The van der Waals surface area contributed by atoms with E-state index in [9.17, 15) is 24.0 Å². The van der Waals surface area contributed by atoms with Crippen molar-refractivity contribution in [3.63, 3.8) is 0 Å². The zero-order chi connectivity index (χ0) is 33.8. The highest BCUT2D eigenvalue weighted by Gasteiger charge is 2.43. The third-order valence-corrected chi connectivity index (χ3v) is 10.6. The summed E-state index contributed by atoms with van der Waals surface area (Å²) in [5.41, 5.74) is 5.08. The fourth-order valence-electron chi connectivity index (χ4n) is 6.09. The van der Waals surface area contributed by atoms with Gasteiger partial charge >= 0.3 is 14.0 Å². The van der Waals surface area contributed by atoms with Gasteiger partial charge in [0.1, 0.15) is 11.6 Å². The summed E-state index contributed by atoms with van der Waals surface area (Å²) >= 11 is 0. The number of nitrogens with one attached hydrogen (secondary N) is 1. The zero-order valence-electron chi connectivity index (χ0n) is 26.4. The molecule has 0 radical (unpaired) electrons. The first-order valence-corrected chi connectivity index (χ1v) is 17.0. The second-order valence-corrected chi connectivity index (χ2v) is 13.7. The SMILES string of the molecule is CO[P+](O)(OC)c1ccc(-c2ccc([C@@H]3[C@H](CCC(=O)c4ccc(F)cc4)NC(=O)N3c3ccc(-c4ccccc4)cc3)c(O)c2)cc1. The molecule has 0 bridgehead atoms. The fraction of sp³-hybridized carbons (Fsp3) is 0.158. The molecular weight excluding hydrogens is 630 g/mol. The number of rotatable bonds is 11. The van der Waals surface area contributed by atoms with Crippen molar-refractivity contribution in [1.82, 2.24) is 5.32 Å². The standard InChI is InChI=1S/C38H34FN2O6P/c1-46-48(45,47-2)32-19-12-27(13-20-32)29-14-21-33(36(43)24-29)37-34(22-23-35(42)28-8-15-30(39)16-9-28)40-38(44)41(37)31-17-10-26(11-18-31)25-6-4-3-5-7-25/h3-21,24,34,37,45H,22-23H2,1-2H3,(H-,40,43,44)/p+1/t34-,37+/m0/s1. The molecule has 3 N–H and O–H groups in total. The number of halogens is 1. The van der Waals surface area contributed by atoms with Gasteiger partial charge in [0.15, 0.2) is 11.1 Å². The van der Waals surface area contributed by atoms with Gasteiger partial charge in [0, 0.05) is 23.2 Å². The average molecular weight is 666 g/mol. The Morgan fingerprint density at radius 2 is 1.40 bits per heavy atom. The quantitative estimate of drug-likeness (QED) is 0.0980. The molecule has 10 heteroatoms. The molecule has 0 spiro atoms. The zero-order valence-corrected chi connectivity index (χ0v) is 27.3. The van der Waals surface area contributed by atoms with Crippen LogP contribution in [0.2, 0.25) is 0 Å². The van der Waals surface area contributed by atoms with E-state index in [1.165, 1.54) is 38.5 Å². The van der Waals surface area contributed by atoms with Gasteiger partial charge < -0.3 is 10.4 Å². The van der Waals surface area contributed by atoms with Gasteiger partial charge in [-0.15, -0.1) is 0 Å². The highest BCUT2D eigenvalue weighted by atomic mass is 31.2. The van der Waals surface area contributed by atoms with Gasteiger partial charge in [-0.25, -0.2) is 9.18 Å². The number of hydrogen-bond acceptors (Lipinski definition) is 6. The lowest BCUT2D eigenvalue weighted by Crippen LogP contribution is -2.29. The molecule has 1 aliphatic rings. The summed E-state index contributed by atoms with van der Waals surface area (Å²) in [7, 11) is -0.394. The number of nitrogens with zero attached hydrogens (tertiary/aromatic N) is 1. The van der Waals surface area contributed by atoms with E-state index in [-0.39, 0.29) is 24.0 Å². The third-order valence-electron chi connectivity index (χ3n) is 8.66. The molecule has 5 aromatic rings. The smallest absolute Gasteiger partial charge is 0.445 e. The number of phenols is 1. The molecule has 0 unspecified atom stereocenters. The van der Waals surface area contributed by atoms with Crippen molar-refractivity contribution in [3.05, 3.63) is 138 Å². The van der Waals surface area contributed by atoms with Gasteiger partial charge in [0.05, 0.1) is 26.3 Å². The maximum atomic E-state index is 13.6.